The van der Waals surface area contributed by atoms with Crippen LogP contribution in [0.3, 0.4) is 0 Å². The Morgan fingerprint density at radius 1 is 1.15 bits per heavy atom. The van der Waals surface area contributed by atoms with E-state index in [1.165, 1.54) is 43.2 Å². The van der Waals surface area contributed by atoms with E-state index in [1.54, 1.807) is 0 Å². The highest BCUT2D eigenvalue weighted by molar-refractivity contribution is 5.22. The third-order valence-electron chi connectivity index (χ3n) is 4.89. The fourth-order valence-electron chi connectivity index (χ4n) is 3.49. The summed E-state index contributed by atoms with van der Waals surface area (Å²) >= 11 is 0. The molecule has 0 aromatic heterocycles. The average molecular weight is 273 g/mol. The Morgan fingerprint density at radius 3 is 2.75 bits per heavy atom. The highest BCUT2D eigenvalue weighted by atomic mass is 14.9. The summed E-state index contributed by atoms with van der Waals surface area (Å²) in [4.78, 5) is 0. The maximum Gasteiger partial charge on any atom is 0.00672 e. The van der Waals surface area contributed by atoms with Crippen LogP contribution in [-0.2, 0) is 6.42 Å². The van der Waals surface area contributed by atoms with E-state index in [0.29, 0.717) is 0 Å². The standard InChI is InChI=1S/C19H31N/c1-15(2)18-8-5-9-19(11-10-18)20-13-12-17-7-4-6-16(3)14-17/h4,6-7,14-15,18-20H,5,8-13H2,1-3H3. The Kier molecular flexibility index (Phi) is 6.09. The lowest BCUT2D eigenvalue weighted by atomic mass is 9.89. The summed E-state index contributed by atoms with van der Waals surface area (Å²) < 4.78 is 0. The molecule has 0 saturated heterocycles. The molecule has 1 saturated carbocycles. The molecule has 1 heteroatoms. The van der Waals surface area contributed by atoms with E-state index in [0.717, 1.165) is 30.8 Å². The van der Waals surface area contributed by atoms with Gasteiger partial charge in [0.1, 0.15) is 0 Å². The van der Waals surface area contributed by atoms with Gasteiger partial charge in [-0.15, -0.1) is 0 Å². The predicted octanol–water partition coefficient (Wildman–Crippen LogP) is 4.73. The van der Waals surface area contributed by atoms with E-state index in [2.05, 4.69) is 50.4 Å². The first kappa shape index (κ1) is 15.6. The maximum absolute atomic E-state index is 3.79. The van der Waals surface area contributed by atoms with Crippen LogP contribution in [0.25, 0.3) is 0 Å². The van der Waals surface area contributed by atoms with Gasteiger partial charge < -0.3 is 5.32 Å². The van der Waals surface area contributed by atoms with Crippen molar-refractivity contribution in [2.75, 3.05) is 6.54 Å². The second-order valence-electron chi connectivity index (χ2n) is 6.90. The van der Waals surface area contributed by atoms with E-state index >= 15 is 0 Å². The fraction of sp³-hybridized carbons (Fsp3) is 0.684. The third-order valence-corrected chi connectivity index (χ3v) is 4.89. The molecule has 0 spiro atoms. The largest absolute Gasteiger partial charge is 0.314 e. The first-order chi connectivity index (χ1) is 9.65. The quantitative estimate of drug-likeness (QED) is 0.765. The molecule has 2 atom stereocenters. The van der Waals surface area contributed by atoms with E-state index in [4.69, 9.17) is 0 Å². The van der Waals surface area contributed by atoms with Crippen LogP contribution >= 0.6 is 0 Å². The molecule has 0 aliphatic heterocycles. The van der Waals surface area contributed by atoms with E-state index in [-0.39, 0.29) is 0 Å². The van der Waals surface area contributed by atoms with Crippen LogP contribution in [0, 0.1) is 18.8 Å². The van der Waals surface area contributed by atoms with Crippen molar-refractivity contribution in [3.05, 3.63) is 35.4 Å². The van der Waals surface area contributed by atoms with Gasteiger partial charge in [-0.3, -0.25) is 0 Å². The van der Waals surface area contributed by atoms with Gasteiger partial charge in [-0.25, -0.2) is 0 Å². The lowest BCUT2D eigenvalue weighted by molar-refractivity contribution is 0.338. The van der Waals surface area contributed by atoms with Crippen molar-refractivity contribution in [2.24, 2.45) is 11.8 Å². The molecule has 1 aromatic carbocycles. The molecule has 1 fully saturated rings. The molecule has 20 heavy (non-hydrogen) atoms. The second kappa shape index (κ2) is 7.83. The fourth-order valence-corrected chi connectivity index (χ4v) is 3.49. The Hall–Kier alpha value is -0.820. The van der Waals surface area contributed by atoms with Crippen LogP contribution in [0.1, 0.15) is 57.1 Å². The summed E-state index contributed by atoms with van der Waals surface area (Å²) in [7, 11) is 0. The van der Waals surface area contributed by atoms with Crippen molar-refractivity contribution in [1.29, 1.82) is 0 Å². The Morgan fingerprint density at radius 2 is 2.00 bits per heavy atom. The van der Waals surface area contributed by atoms with Gasteiger partial charge in [0.15, 0.2) is 0 Å². The molecule has 0 amide bonds. The molecule has 1 aromatic rings. The number of rotatable bonds is 5. The summed E-state index contributed by atoms with van der Waals surface area (Å²) in [5.74, 6) is 1.82. The van der Waals surface area contributed by atoms with Crippen molar-refractivity contribution < 1.29 is 0 Å². The van der Waals surface area contributed by atoms with Crippen molar-refractivity contribution in [1.82, 2.24) is 5.32 Å². The van der Waals surface area contributed by atoms with Gasteiger partial charge in [0, 0.05) is 6.04 Å². The molecule has 112 valence electrons. The molecule has 1 N–H and O–H groups in total. The van der Waals surface area contributed by atoms with E-state index in [1.807, 2.05) is 0 Å². The lowest BCUT2D eigenvalue weighted by Crippen LogP contribution is -2.30. The molecule has 1 aliphatic rings. The zero-order valence-corrected chi connectivity index (χ0v) is 13.5. The number of aryl methyl sites for hydroxylation is 1. The summed E-state index contributed by atoms with van der Waals surface area (Å²) in [6, 6.07) is 9.65. The van der Waals surface area contributed by atoms with Crippen molar-refractivity contribution in [3.8, 4) is 0 Å². The highest BCUT2D eigenvalue weighted by Crippen LogP contribution is 2.28. The number of nitrogens with one attached hydrogen (secondary N) is 1. The maximum atomic E-state index is 3.79. The SMILES string of the molecule is Cc1cccc(CCNC2CCCC(C(C)C)CC2)c1. The first-order valence-corrected chi connectivity index (χ1v) is 8.44. The van der Waals surface area contributed by atoms with Crippen LogP contribution in [0.4, 0.5) is 0 Å². The molecular formula is C19H31N. The van der Waals surface area contributed by atoms with Crippen LogP contribution in [0.15, 0.2) is 24.3 Å². The Balaban J connectivity index is 1.72. The molecule has 1 aliphatic carbocycles. The van der Waals surface area contributed by atoms with Gasteiger partial charge in [0.05, 0.1) is 0 Å². The zero-order chi connectivity index (χ0) is 14.4. The molecule has 2 unspecified atom stereocenters. The van der Waals surface area contributed by atoms with Gasteiger partial charge in [-0.2, -0.15) is 0 Å². The molecule has 0 radical (unpaired) electrons. The van der Waals surface area contributed by atoms with Crippen LogP contribution < -0.4 is 5.32 Å². The third kappa shape index (κ3) is 4.94. The smallest absolute Gasteiger partial charge is 0.00672 e. The van der Waals surface area contributed by atoms with Crippen LogP contribution in [0.5, 0.6) is 0 Å². The minimum atomic E-state index is 0.753. The van der Waals surface area contributed by atoms with Crippen molar-refractivity contribution in [2.45, 2.75) is 65.3 Å². The van der Waals surface area contributed by atoms with Gasteiger partial charge in [0.25, 0.3) is 0 Å². The average Bonchev–Trinajstić information content (AvgIpc) is 2.64. The van der Waals surface area contributed by atoms with Gasteiger partial charge >= 0.3 is 0 Å². The summed E-state index contributed by atoms with van der Waals surface area (Å²) in [6.45, 7) is 8.07. The van der Waals surface area contributed by atoms with Gasteiger partial charge in [0.2, 0.25) is 0 Å². The van der Waals surface area contributed by atoms with E-state index < -0.39 is 0 Å². The summed E-state index contributed by atoms with van der Waals surface area (Å²) in [5, 5.41) is 3.79. The van der Waals surface area contributed by atoms with Gasteiger partial charge in [-0.1, -0.05) is 56.5 Å². The topological polar surface area (TPSA) is 12.0 Å². The van der Waals surface area contributed by atoms with Gasteiger partial charge in [-0.05, 0) is 56.6 Å². The van der Waals surface area contributed by atoms with Crippen molar-refractivity contribution in [3.63, 3.8) is 0 Å². The minimum absolute atomic E-state index is 0.753. The predicted molar refractivity (Wildman–Crippen MR) is 88.1 cm³/mol. The highest BCUT2D eigenvalue weighted by Gasteiger charge is 2.20. The number of benzene rings is 1. The molecule has 0 bridgehead atoms. The summed E-state index contributed by atoms with van der Waals surface area (Å²) in [6.07, 6.45) is 8.16. The van der Waals surface area contributed by atoms with Crippen LogP contribution in [-0.4, -0.2) is 12.6 Å². The molecule has 1 nitrogen and oxygen atoms in total. The number of hydrogen-bond acceptors (Lipinski definition) is 1. The van der Waals surface area contributed by atoms with Crippen LogP contribution in [0.2, 0.25) is 0 Å². The lowest BCUT2D eigenvalue weighted by Gasteiger charge is -2.19. The van der Waals surface area contributed by atoms with Crippen molar-refractivity contribution >= 4 is 0 Å². The second-order valence-corrected chi connectivity index (χ2v) is 6.90. The zero-order valence-electron chi connectivity index (χ0n) is 13.5. The Bertz CT molecular complexity index is 397. The summed E-state index contributed by atoms with van der Waals surface area (Å²) in [5.41, 5.74) is 2.84. The van der Waals surface area contributed by atoms with E-state index in [9.17, 15) is 0 Å². The molecule has 0 heterocycles. The minimum Gasteiger partial charge on any atom is -0.314 e. The normalized spacial score (nSPS) is 23.8. The number of hydrogen-bond donors (Lipinski definition) is 1. The molecule has 2 rings (SSSR count). The first-order valence-electron chi connectivity index (χ1n) is 8.44. The molecular weight excluding hydrogens is 242 g/mol. The monoisotopic (exact) mass is 273 g/mol. The Labute approximate surface area is 125 Å².